The van der Waals surface area contributed by atoms with Gasteiger partial charge in [-0.15, -0.1) is 0 Å². The van der Waals surface area contributed by atoms with Crippen LogP contribution in [0.3, 0.4) is 0 Å². The van der Waals surface area contributed by atoms with E-state index in [-0.39, 0.29) is 12.2 Å². The van der Waals surface area contributed by atoms with E-state index >= 15 is 0 Å². The van der Waals surface area contributed by atoms with Gasteiger partial charge < -0.3 is 10.2 Å². The summed E-state index contributed by atoms with van der Waals surface area (Å²) in [5.74, 6) is -0.659. The molecule has 0 fully saturated rings. The minimum atomic E-state index is -0.889. The van der Waals surface area contributed by atoms with Crippen molar-refractivity contribution >= 4 is 5.97 Å². The average molecular weight is 383 g/mol. The van der Waals surface area contributed by atoms with Crippen LogP contribution in [0.4, 0.5) is 0 Å². The molecule has 0 aromatic heterocycles. The van der Waals surface area contributed by atoms with E-state index in [1.807, 2.05) is 0 Å². The quantitative estimate of drug-likeness (QED) is 0.155. The monoisotopic (exact) mass is 382 g/mol. The van der Waals surface area contributed by atoms with Crippen LogP contribution in [0.15, 0.2) is 11.8 Å². The molecule has 0 atom stereocenters. The minimum Gasteiger partial charge on any atom is -0.513 e. The number of carbonyl (C=O) groups is 1. The number of unbranched alkanes of at least 4 members (excludes halogenated alkanes) is 17. The van der Waals surface area contributed by atoms with Gasteiger partial charge in [0.25, 0.3) is 0 Å². The van der Waals surface area contributed by atoms with E-state index in [1.54, 1.807) is 0 Å². The Labute approximate surface area is 168 Å². The molecule has 3 nitrogen and oxygen atoms in total. The molecule has 0 saturated heterocycles. The number of carboxylic acid groups (broad SMARTS) is 1. The van der Waals surface area contributed by atoms with Crippen molar-refractivity contribution in [2.75, 3.05) is 0 Å². The molecule has 0 bridgehead atoms. The van der Waals surface area contributed by atoms with Gasteiger partial charge in [0.2, 0.25) is 0 Å². The highest BCUT2D eigenvalue weighted by Gasteiger charge is 1.98. The Morgan fingerprint density at radius 2 is 0.926 bits per heavy atom. The van der Waals surface area contributed by atoms with Crippen molar-refractivity contribution in [2.45, 2.75) is 135 Å². The van der Waals surface area contributed by atoms with Crippen molar-refractivity contribution in [2.24, 2.45) is 0 Å². The summed E-state index contributed by atoms with van der Waals surface area (Å²) in [6.07, 6.45) is 26.3. The van der Waals surface area contributed by atoms with Gasteiger partial charge in [0.05, 0.1) is 12.2 Å². The lowest BCUT2D eigenvalue weighted by atomic mass is 10.0. The van der Waals surface area contributed by atoms with E-state index in [9.17, 15) is 9.90 Å². The molecule has 0 aliphatic carbocycles. The molecule has 0 radical (unpaired) electrons. The third-order valence-corrected chi connectivity index (χ3v) is 5.30. The van der Waals surface area contributed by atoms with Gasteiger partial charge in [-0.05, 0) is 12.5 Å². The second-order valence-electron chi connectivity index (χ2n) is 8.05. The van der Waals surface area contributed by atoms with Crippen LogP contribution in [0, 0.1) is 0 Å². The van der Waals surface area contributed by atoms with E-state index in [2.05, 4.69) is 6.92 Å². The topological polar surface area (TPSA) is 57.5 Å². The highest BCUT2D eigenvalue weighted by Crippen LogP contribution is 2.15. The van der Waals surface area contributed by atoms with Crippen LogP contribution in [0.1, 0.15) is 135 Å². The van der Waals surface area contributed by atoms with E-state index in [0.717, 1.165) is 12.8 Å². The molecule has 27 heavy (non-hydrogen) atoms. The van der Waals surface area contributed by atoms with Gasteiger partial charge in [0.15, 0.2) is 0 Å². The van der Waals surface area contributed by atoms with Crippen molar-refractivity contribution in [1.82, 2.24) is 0 Å². The van der Waals surface area contributed by atoms with Crippen LogP contribution < -0.4 is 0 Å². The zero-order valence-electron chi connectivity index (χ0n) is 18.0. The van der Waals surface area contributed by atoms with Crippen LogP contribution in [-0.4, -0.2) is 16.2 Å². The molecule has 0 saturated carbocycles. The lowest BCUT2D eigenvalue weighted by Crippen LogP contribution is -1.92. The standard InChI is InChI=1S/C24H46O3/c1-2-3-4-5-6-7-8-9-10-11-12-13-14-15-16-17-18-19-20-23(25)21-22-24(26)27/h21,25H,2-20,22H2,1H3,(H,26,27). The highest BCUT2D eigenvalue weighted by molar-refractivity contribution is 5.68. The Balaban J connectivity index is 3.13. The molecule has 0 aliphatic rings. The number of aliphatic carboxylic acids is 1. The molecule has 0 rings (SSSR count). The molecule has 0 spiro atoms. The van der Waals surface area contributed by atoms with Gasteiger partial charge in [0.1, 0.15) is 0 Å². The number of carboxylic acids is 1. The zero-order chi connectivity index (χ0) is 20.0. The molecular formula is C24H46O3. The van der Waals surface area contributed by atoms with Gasteiger partial charge in [-0.1, -0.05) is 116 Å². The number of aliphatic hydroxyl groups is 1. The van der Waals surface area contributed by atoms with Gasteiger partial charge >= 0.3 is 5.97 Å². The third kappa shape index (κ3) is 23.0. The lowest BCUT2D eigenvalue weighted by molar-refractivity contribution is -0.136. The van der Waals surface area contributed by atoms with Crippen LogP contribution in [0.5, 0.6) is 0 Å². The van der Waals surface area contributed by atoms with E-state index in [4.69, 9.17) is 5.11 Å². The van der Waals surface area contributed by atoms with Crippen molar-refractivity contribution in [3.63, 3.8) is 0 Å². The predicted molar refractivity (Wildman–Crippen MR) is 116 cm³/mol. The van der Waals surface area contributed by atoms with Gasteiger partial charge in [-0.3, -0.25) is 4.79 Å². The normalized spacial score (nSPS) is 11.8. The summed E-state index contributed by atoms with van der Waals surface area (Å²) in [6.45, 7) is 2.28. The molecule has 0 heterocycles. The Bertz CT molecular complexity index is 350. The molecule has 0 aliphatic heterocycles. The minimum absolute atomic E-state index is 0.0785. The first kappa shape index (κ1) is 26.0. The predicted octanol–water partition coefficient (Wildman–Crippen LogP) is 8.33. The van der Waals surface area contributed by atoms with E-state index in [0.29, 0.717) is 6.42 Å². The SMILES string of the molecule is CCCCCCCCCCCCCCCCCCCCC(O)=CCC(=O)O. The van der Waals surface area contributed by atoms with E-state index < -0.39 is 5.97 Å². The van der Waals surface area contributed by atoms with Crippen molar-refractivity contribution in [1.29, 1.82) is 0 Å². The van der Waals surface area contributed by atoms with Gasteiger partial charge in [0, 0.05) is 6.42 Å². The fraction of sp³-hybridized carbons (Fsp3) is 0.875. The highest BCUT2D eigenvalue weighted by atomic mass is 16.4. The maximum absolute atomic E-state index is 10.4. The smallest absolute Gasteiger partial charge is 0.307 e. The Hall–Kier alpha value is -0.990. The van der Waals surface area contributed by atoms with Crippen LogP contribution in [0.25, 0.3) is 0 Å². The van der Waals surface area contributed by atoms with Crippen LogP contribution >= 0.6 is 0 Å². The second kappa shape index (κ2) is 21.3. The lowest BCUT2D eigenvalue weighted by Gasteiger charge is -2.04. The molecule has 0 aromatic rings. The number of rotatable bonds is 21. The summed E-state index contributed by atoms with van der Waals surface area (Å²) in [7, 11) is 0. The van der Waals surface area contributed by atoms with Gasteiger partial charge in [-0.2, -0.15) is 0 Å². The largest absolute Gasteiger partial charge is 0.513 e. The molecular weight excluding hydrogens is 336 g/mol. The number of aliphatic hydroxyl groups excluding tert-OH is 1. The van der Waals surface area contributed by atoms with E-state index in [1.165, 1.54) is 109 Å². The summed E-state index contributed by atoms with van der Waals surface area (Å²) >= 11 is 0. The first-order chi connectivity index (χ1) is 13.2. The fourth-order valence-electron chi connectivity index (χ4n) is 3.51. The Morgan fingerprint density at radius 1 is 0.593 bits per heavy atom. The van der Waals surface area contributed by atoms with Gasteiger partial charge in [-0.25, -0.2) is 0 Å². The van der Waals surface area contributed by atoms with Crippen LogP contribution in [0.2, 0.25) is 0 Å². The molecule has 160 valence electrons. The molecule has 0 amide bonds. The molecule has 0 unspecified atom stereocenters. The first-order valence-corrected chi connectivity index (χ1v) is 11.8. The van der Waals surface area contributed by atoms with Crippen molar-refractivity contribution < 1.29 is 15.0 Å². The summed E-state index contributed by atoms with van der Waals surface area (Å²) in [6, 6.07) is 0. The Kier molecular flexibility index (Phi) is 20.5. The summed E-state index contributed by atoms with van der Waals surface area (Å²) in [4.78, 5) is 10.4. The fourth-order valence-corrected chi connectivity index (χ4v) is 3.51. The van der Waals surface area contributed by atoms with Crippen molar-refractivity contribution in [3.8, 4) is 0 Å². The maximum atomic E-state index is 10.4. The average Bonchev–Trinajstić information content (AvgIpc) is 2.65. The summed E-state index contributed by atoms with van der Waals surface area (Å²) in [5, 5.41) is 18.1. The maximum Gasteiger partial charge on any atom is 0.307 e. The number of allylic oxidation sites excluding steroid dienone is 1. The van der Waals surface area contributed by atoms with Crippen molar-refractivity contribution in [3.05, 3.63) is 11.8 Å². The molecule has 2 N–H and O–H groups in total. The molecule has 3 heteroatoms. The van der Waals surface area contributed by atoms with Crippen LogP contribution in [-0.2, 0) is 4.79 Å². The number of hydrogen-bond donors (Lipinski definition) is 2. The second-order valence-corrected chi connectivity index (χ2v) is 8.05. The zero-order valence-corrected chi connectivity index (χ0v) is 18.0. The Morgan fingerprint density at radius 3 is 1.26 bits per heavy atom. The summed E-state index contributed by atoms with van der Waals surface area (Å²) in [5.41, 5.74) is 0. The summed E-state index contributed by atoms with van der Waals surface area (Å²) < 4.78 is 0. The third-order valence-electron chi connectivity index (χ3n) is 5.30. The first-order valence-electron chi connectivity index (χ1n) is 11.8. The number of hydrogen-bond acceptors (Lipinski definition) is 2. The molecule has 0 aromatic carbocycles.